The highest BCUT2D eigenvalue weighted by Crippen LogP contribution is 2.47. The van der Waals surface area contributed by atoms with E-state index < -0.39 is 0 Å². The average Bonchev–Trinajstić information content (AvgIpc) is 2.62. The first-order chi connectivity index (χ1) is 11.3. The standard InChI is InChI=1S/C19H24N4/c1-3-14-11-18(22-19(21-14)20-4-2)23-12-13-9-10-17(23)16-8-6-5-7-15(13)16/h5-8,11,13,17H,3-4,9-10,12H2,1-2H3,(H,20,21,22)/t13-,17+/m1/s1. The Hall–Kier alpha value is -2.10. The van der Waals surface area contributed by atoms with Crippen LogP contribution in [0.5, 0.6) is 0 Å². The normalized spacial score (nSPS) is 22.1. The van der Waals surface area contributed by atoms with Crippen LogP contribution in [-0.2, 0) is 6.42 Å². The van der Waals surface area contributed by atoms with Gasteiger partial charge < -0.3 is 10.2 Å². The third kappa shape index (κ3) is 2.46. The van der Waals surface area contributed by atoms with Gasteiger partial charge in [-0.1, -0.05) is 31.2 Å². The molecule has 2 bridgehead atoms. The third-order valence-electron chi connectivity index (χ3n) is 5.13. The molecule has 4 nitrogen and oxygen atoms in total. The Labute approximate surface area is 138 Å². The van der Waals surface area contributed by atoms with E-state index in [0.29, 0.717) is 12.0 Å². The Morgan fingerprint density at radius 3 is 2.74 bits per heavy atom. The van der Waals surface area contributed by atoms with Crippen molar-refractivity contribution in [1.82, 2.24) is 9.97 Å². The van der Waals surface area contributed by atoms with E-state index in [1.54, 1.807) is 5.56 Å². The summed E-state index contributed by atoms with van der Waals surface area (Å²) in [6.07, 6.45) is 3.46. The molecule has 2 aliphatic heterocycles. The second kappa shape index (κ2) is 5.84. The van der Waals surface area contributed by atoms with E-state index in [-0.39, 0.29) is 0 Å². The van der Waals surface area contributed by atoms with Gasteiger partial charge in [-0.25, -0.2) is 4.98 Å². The summed E-state index contributed by atoms with van der Waals surface area (Å²) >= 11 is 0. The summed E-state index contributed by atoms with van der Waals surface area (Å²) in [4.78, 5) is 11.9. The number of piperidine rings is 1. The summed E-state index contributed by atoms with van der Waals surface area (Å²) in [6.45, 7) is 6.16. The Balaban J connectivity index is 1.73. The number of nitrogens with zero attached hydrogens (tertiary/aromatic N) is 3. The molecule has 2 aromatic rings. The number of aromatic nitrogens is 2. The summed E-state index contributed by atoms with van der Waals surface area (Å²) in [7, 11) is 0. The Morgan fingerprint density at radius 1 is 1.13 bits per heavy atom. The minimum Gasteiger partial charge on any atom is -0.354 e. The van der Waals surface area contributed by atoms with Gasteiger partial charge in [0.05, 0.1) is 6.04 Å². The van der Waals surface area contributed by atoms with Gasteiger partial charge in [0, 0.05) is 30.8 Å². The number of nitrogens with one attached hydrogen (secondary N) is 1. The van der Waals surface area contributed by atoms with Crippen LogP contribution in [0.3, 0.4) is 0 Å². The van der Waals surface area contributed by atoms with Crippen LogP contribution in [0.1, 0.15) is 55.5 Å². The average molecular weight is 308 g/mol. The Morgan fingerprint density at radius 2 is 1.96 bits per heavy atom. The van der Waals surface area contributed by atoms with Crippen LogP contribution in [0.4, 0.5) is 11.8 Å². The zero-order valence-electron chi connectivity index (χ0n) is 13.9. The van der Waals surface area contributed by atoms with Crippen LogP contribution in [-0.4, -0.2) is 23.1 Å². The lowest BCUT2D eigenvalue weighted by Gasteiger charge is -2.47. The topological polar surface area (TPSA) is 41.1 Å². The maximum atomic E-state index is 4.79. The monoisotopic (exact) mass is 308 g/mol. The molecule has 5 rings (SSSR count). The van der Waals surface area contributed by atoms with Crippen LogP contribution in [0, 0.1) is 0 Å². The summed E-state index contributed by atoms with van der Waals surface area (Å²) in [5, 5.41) is 3.28. The number of anilines is 2. The van der Waals surface area contributed by atoms with E-state index in [2.05, 4.69) is 59.4 Å². The van der Waals surface area contributed by atoms with Crippen molar-refractivity contribution in [3.8, 4) is 0 Å². The molecular formula is C19H24N4. The molecule has 4 heteroatoms. The molecule has 0 saturated carbocycles. The van der Waals surface area contributed by atoms with Crippen molar-refractivity contribution >= 4 is 11.8 Å². The number of fused-ring (bicyclic) bond motifs is 2. The van der Waals surface area contributed by atoms with Gasteiger partial charge in [-0.05, 0) is 37.3 Å². The highest BCUT2D eigenvalue weighted by Gasteiger charge is 2.38. The van der Waals surface area contributed by atoms with Crippen molar-refractivity contribution in [2.24, 2.45) is 0 Å². The lowest BCUT2D eigenvalue weighted by Crippen LogP contribution is -2.43. The van der Waals surface area contributed by atoms with Crippen molar-refractivity contribution in [2.45, 2.75) is 45.1 Å². The molecule has 0 unspecified atom stereocenters. The molecule has 1 fully saturated rings. The SMILES string of the molecule is CCNc1nc(CC)cc(N2C[C@H]3CC[C@H]2c2ccccc23)n1. The van der Waals surface area contributed by atoms with Gasteiger partial charge >= 0.3 is 0 Å². The fourth-order valence-corrected chi connectivity index (χ4v) is 4.04. The van der Waals surface area contributed by atoms with Crippen LogP contribution in [0.15, 0.2) is 30.3 Å². The lowest BCUT2D eigenvalue weighted by atomic mass is 9.75. The van der Waals surface area contributed by atoms with Gasteiger partial charge in [-0.2, -0.15) is 4.98 Å². The molecule has 2 atom stereocenters. The molecule has 3 heterocycles. The van der Waals surface area contributed by atoms with Crippen LogP contribution < -0.4 is 10.2 Å². The van der Waals surface area contributed by atoms with E-state index in [9.17, 15) is 0 Å². The molecule has 1 N–H and O–H groups in total. The zero-order valence-corrected chi connectivity index (χ0v) is 13.9. The number of hydrogen-bond donors (Lipinski definition) is 1. The van der Waals surface area contributed by atoms with Crippen molar-refractivity contribution in [1.29, 1.82) is 0 Å². The predicted molar refractivity (Wildman–Crippen MR) is 94.1 cm³/mol. The molecule has 120 valence electrons. The molecule has 1 aliphatic carbocycles. The van der Waals surface area contributed by atoms with Crippen molar-refractivity contribution in [2.75, 3.05) is 23.3 Å². The first-order valence-electron chi connectivity index (χ1n) is 8.77. The Kier molecular flexibility index (Phi) is 3.68. The highest BCUT2D eigenvalue weighted by atomic mass is 15.3. The smallest absolute Gasteiger partial charge is 0.224 e. The van der Waals surface area contributed by atoms with Gasteiger partial charge in [0.25, 0.3) is 0 Å². The molecule has 0 spiro atoms. The first-order valence-corrected chi connectivity index (χ1v) is 8.77. The van der Waals surface area contributed by atoms with Gasteiger partial charge in [0.15, 0.2) is 0 Å². The van der Waals surface area contributed by atoms with Crippen molar-refractivity contribution in [3.63, 3.8) is 0 Å². The van der Waals surface area contributed by atoms with E-state index in [4.69, 9.17) is 4.98 Å². The minimum absolute atomic E-state index is 0.463. The molecule has 0 radical (unpaired) electrons. The summed E-state index contributed by atoms with van der Waals surface area (Å²) in [5.41, 5.74) is 4.16. The second-order valence-electron chi connectivity index (χ2n) is 6.50. The second-order valence-corrected chi connectivity index (χ2v) is 6.50. The molecule has 1 aromatic heterocycles. The third-order valence-corrected chi connectivity index (χ3v) is 5.13. The molecule has 1 aromatic carbocycles. The molecule has 0 amide bonds. The fraction of sp³-hybridized carbons (Fsp3) is 0.474. The summed E-state index contributed by atoms with van der Waals surface area (Å²) in [5.74, 6) is 2.48. The van der Waals surface area contributed by atoms with Crippen molar-refractivity contribution < 1.29 is 0 Å². The van der Waals surface area contributed by atoms with Crippen LogP contribution in [0.25, 0.3) is 0 Å². The van der Waals surface area contributed by atoms with Gasteiger partial charge in [-0.3, -0.25) is 0 Å². The molecule has 1 saturated heterocycles. The van der Waals surface area contributed by atoms with Crippen LogP contribution in [0.2, 0.25) is 0 Å². The highest BCUT2D eigenvalue weighted by molar-refractivity contribution is 5.53. The van der Waals surface area contributed by atoms with E-state index in [0.717, 1.165) is 37.0 Å². The lowest BCUT2D eigenvalue weighted by molar-refractivity contribution is 0.387. The summed E-state index contributed by atoms with van der Waals surface area (Å²) in [6, 6.07) is 11.6. The van der Waals surface area contributed by atoms with Gasteiger partial charge in [0.2, 0.25) is 5.95 Å². The maximum Gasteiger partial charge on any atom is 0.224 e. The number of rotatable bonds is 4. The quantitative estimate of drug-likeness (QED) is 0.930. The fourth-order valence-electron chi connectivity index (χ4n) is 4.04. The summed E-state index contributed by atoms with van der Waals surface area (Å²) < 4.78 is 0. The Bertz CT molecular complexity index is 712. The van der Waals surface area contributed by atoms with E-state index in [1.165, 1.54) is 18.4 Å². The predicted octanol–water partition coefficient (Wildman–Crippen LogP) is 3.91. The van der Waals surface area contributed by atoms with E-state index >= 15 is 0 Å². The van der Waals surface area contributed by atoms with E-state index in [1.807, 2.05) is 0 Å². The molecule has 3 aliphatic rings. The molecular weight excluding hydrogens is 284 g/mol. The van der Waals surface area contributed by atoms with Crippen molar-refractivity contribution in [3.05, 3.63) is 47.2 Å². The van der Waals surface area contributed by atoms with Crippen LogP contribution >= 0.6 is 0 Å². The zero-order chi connectivity index (χ0) is 15.8. The minimum atomic E-state index is 0.463. The number of aryl methyl sites for hydroxylation is 1. The largest absolute Gasteiger partial charge is 0.354 e. The molecule has 23 heavy (non-hydrogen) atoms. The maximum absolute atomic E-state index is 4.79. The number of hydrogen-bond acceptors (Lipinski definition) is 4. The van der Waals surface area contributed by atoms with Gasteiger partial charge in [-0.15, -0.1) is 0 Å². The van der Waals surface area contributed by atoms with Gasteiger partial charge in [0.1, 0.15) is 5.82 Å². The first kappa shape index (κ1) is 14.5. The number of benzene rings is 1.